The van der Waals surface area contributed by atoms with Crippen molar-refractivity contribution in [3.63, 3.8) is 0 Å². The maximum atomic E-state index is 13.7. The normalized spacial score (nSPS) is 41.6. The summed E-state index contributed by atoms with van der Waals surface area (Å²) in [4.78, 5) is 41.9. The molecule has 2 heterocycles. The maximum Gasteiger partial charge on any atom is 0.305 e. The summed E-state index contributed by atoms with van der Waals surface area (Å²) in [6.07, 6.45) is 10.2. The summed E-state index contributed by atoms with van der Waals surface area (Å²) in [6.45, 7) is 1.32. The fraction of sp³-hybridized carbons (Fsp3) is 0.864. The Morgan fingerprint density at radius 3 is 2.04 bits per heavy atom. The second-order valence-corrected chi connectivity index (χ2v) is 10.3. The summed E-state index contributed by atoms with van der Waals surface area (Å²) < 4.78 is 0. The van der Waals surface area contributed by atoms with E-state index in [0.717, 1.165) is 44.9 Å². The van der Waals surface area contributed by atoms with Crippen LogP contribution < -0.4 is 0 Å². The van der Waals surface area contributed by atoms with Crippen LogP contribution in [0.4, 0.5) is 0 Å². The van der Waals surface area contributed by atoms with Gasteiger partial charge >= 0.3 is 5.97 Å². The Labute approximate surface area is 166 Å². The molecule has 6 fully saturated rings. The number of nitrogens with zero attached hydrogens (tertiary/aromatic N) is 2. The van der Waals surface area contributed by atoms with E-state index in [1.165, 1.54) is 19.3 Å². The average molecular weight is 389 g/mol. The zero-order valence-corrected chi connectivity index (χ0v) is 16.6. The Balaban J connectivity index is 1.33. The van der Waals surface area contributed by atoms with Gasteiger partial charge in [0, 0.05) is 19.1 Å². The zero-order chi connectivity index (χ0) is 19.5. The van der Waals surface area contributed by atoms with Crippen LogP contribution in [0.25, 0.3) is 0 Å². The third kappa shape index (κ3) is 2.94. The molecule has 6 nitrogen and oxygen atoms in total. The minimum Gasteiger partial charge on any atom is -0.481 e. The molecule has 0 radical (unpaired) electrons. The van der Waals surface area contributed by atoms with E-state index < -0.39 is 5.97 Å². The number of aliphatic carboxylic acids is 1. The van der Waals surface area contributed by atoms with Gasteiger partial charge in [-0.2, -0.15) is 0 Å². The first-order valence-electron chi connectivity index (χ1n) is 11.3. The van der Waals surface area contributed by atoms with E-state index in [2.05, 4.69) is 0 Å². The van der Waals surface area contributed by atoms with Crippen LogP contribution in [0.5, 0.6) is 0 Å². The molecule has 4 saturated carbocycles. The summed E-state index contributed by atoms with van der Waals surface area (Å²) in [6, 6.07) is -0.572. The van der Waals surface area contributed by atoms with Crippen LogP contribution in [0.15, 0.2) is 0 Å². The van der Waals surface area contributed by atoms with Gasteiger partial charge in [0.25, 0.3) is 0 Å². The van der Waals surface area contributed by atoms with Gasteiger partial charge in [-0.3, -0.25) is 14.4 Å². The van der Waals surface area contributed by atoms with E-state index in [1.54, 1.807) is 4.90 Å². The van der Waals surface area contributed by atoms with Crippen LogP contribution in [0, 0.1) is 23.2 Å². The molecule has 0 aromatic rings. The van der Waals surface area contributed by atoms with Gasteiger partial charge in [-0.05, 0) is 82.0 Å². The molecule has 4 bridgehead atoms. The molecular weight excluding hydrogens is 356 g/mol. The highest BCUT2D eigenvalue weighted by atomic mass is 16.4. The Morgan fingerprint density at radius 1 is 0.857 bits per heavy atom. The molecule has 0 aromatic heterocycles. The molecule has 6 heteroatoms. The van der Waals surface area contributed by atoms with E-state index >= 15 is 0 Å². The van der Waals surface area contributed by atoms with E-state index in [4.69, 9.17) is 0 Å². The molecule has 6 aliphatic rings. The number of amides is 2. The van der Waals surface area contributed by atoms with Gasteiger partial charge in [-0.1, -0.05) is 0 Å². The fourth-order valence-corrected chi connectivity index (χ4v) is 7.67. The average Bonchev–Trinajstić information content (AvgIpc) is 3.28. The number of carboxylic acids is 1. The third-order valence-electron chi connectivity index (χ3n) is 8.36. The highest BCUT2D eigenvalue weighted by molar-refractivity contribution is 5.91. The molecule has 2 saturated heterocycles. The molecule has 2 atom stereocenters. The number of carboxylic acid groups (broad SMARTS) is 1. The van der Waals surface area contributed by atoms with Crippen LogP contribution >= 0.6 is 0 Å². The van der Waals surface area contributed by atoms with Crippen molar-refractivity contribution in [1.82, 2.24) is 9.80 Å². The molecule has 4 aliphatic carbocycles. The summed E-state index contributed by atoms with van der Waals surface area (Å²) in [7, 11) is 0. The van der Waals surface area contributed by atoms with Crippen molar-refractivity contribution in [2.24, 2.45) is 23.2 Å². The molecule has 28 heavy (non-hydrogen) atoms. The highest BCUT2D eigenvalue weighted by Crippen LogP contribution is 2.60. The third-order valence-corrected chi connectivity index (χ3v) is 8.36. The molecule has 154 valence electrons. The van der Waals surface area contributed by atoms with Crippen molar-refractivity contribution in [3.05, 3.63) is 0 Å². The van der Waals surface area contributed by atoms with E-state index in [0.29, 0.717) is 30.8 Å². The van der Waals surface area contributed by atoms with Gasteiger partial charge in [0.15, 0.2) is 0 Å². The van der Waals surface area contributed by atoms with Gasteiger partial charge in [0.05, 0.1) is 11.8 Å². The Hall–Kier alpha value is -1.59. The first-order chi connectivity index (χ1) is 13.4. The van der Waals surface area contributed by atoms with Crippen molar-refractivity contribution in [1.29, 1.82) is 0 Å². The number of carbonyl (C=O) groups is 3. The molecule has 0 spiro atoms. The summed E-state index contributed by atoms with van der Waals surface area (Å²) in [5.41, 5.74) is -0.205. The second kappa shape index (κ2) is 6.74. The second-order valence-electron chi connectivity index (χ2n) is 10.3. The fourth-order valence-electron chi connectivity index (χ4n) is 7.67. The largest absolute Gasteiger partial charge is 0.481 e. The van der Waals surface area contributed by atoms with Crippen LogP contribution in [-0.4, -0.2) is 57.9 Å². The predicted octanol–water partition coefficient (Wildman–Crippen LogP) is 2.66. The van der Waals surface area contributed by atoms with Crippen molar-refractivity contribution >= 4 is 17.8 Å². The molecule has 6 rings (SSSR count). The molecule has 0 aromatic carbocycles. The van der Waals surface area contributed by atoms with Crippen molar-refractivity contribution in [2.45, 2.75) is 82.7 Å². The number of rotatable bonds is 4. The molecular formula is C22H32N2O4. The maximum absolute atomic E-state index is 13.7. The molecule has 1 N–H and O–H groups in total. The summed E-state index contributed by atoms with van der Waals surface area (Å²) in [5.74, 6) is 1.54. The summed E-state index contributed by atoms with van der Waals surface area (Å²) >= 11 is 0. The van der Waals surface area contributed by atoms with Crippen LogP contribution in [0.1, 0.15) is 70.6 Å². The molecule has 2 unspecified atom stereocenters. The number of carbonyl (C=O) groups excluding carboxylic acids is 2. The van der Waals surface area contributed by atoms with Crippen molar-refractivity contribution < 1.29 is 19.5 Å². The lowest BCUT2D eigenvalue weighted by Gasteiger charge is -2.56. The standard InChI is InChI=1S/C22H32N2O4/c25-19(26)10-17-3-1-5-23(17)20(27)18-4-2-6-24(18)21(28)22-11-14-7-15(12-22)9-16(8-14)13-22/h14-18H,1-13H2,(H,25,26). The Kier molecular flexibility index (Phi) is 4.44. The zero-order valence-electron chi connectivity index (χ0n) is 16.6. The number of hydrogen-bond donors (Lipinski definition) is 1. The van der Waals surface area contributed by atoms with Gasteiger partial charge < -0.3 is 14.9 Å². The van der Waals surface area contributed by atoms with Gasteiger partial charge in [0.2, 0.25) is 11.8 Å². The lowest BCUT2D eigenvalue weighted by Crippen LogP contribution is -2.57. The number of likely N-dealkylation sites (tertiary alicyclic amines) is 2. The first-order valence-corrected chi connectivity index (χ1v) is 11.3. The van der Waals surface area contributed by atoms with Crippen molar-refractivity contribution in [3.8, 4) is 0 Å². The van der Waals surface area contributed by atoms with Crippen LogP contribution in [-0.2, 0) is 14.4 Å². The van der Waals surface area contributed by atoms with E-state index in [-0.39, 0.29) is 35.7 Å². The molecule has 2 amide bonds. The minimum atomic E-state index is -0.849. The molecule has 2 aliphatic heterocycles. The van der Waals surface area contributed by atoms with E-state index in [1.807, 2.05) is 4.90 Å². The van der Waals surface area contributed by atoms with E-state index in [9.17, 15) is 19.5 Å². The van der Waals surface area contributed by atoms with Crippen LogP contribution in [0.2, 0.25) is 0 Å². The lowest BCUT2D eigenvalue weighted by molar-refractivity contribution is -0.162. The smallest absolute Gasteiger partial charge is 0.305 e. The Bertz CT molecular complexity index is 655. The lowest BCUT2D eigenvalue weighted by atomic mass is 9.49. The predicted molar refractivity (Wildman–Crippen MR) is 102 cm³/mol. The number of hydrogen-bond acceptors (Lipinski definition) is 3. The van der Waals surface area contributed by atoms with Crippen molar-refractivity contribution in [2.75, 3.05) is 13.1 Å². The summed E-state index contributed by atoms with van der Waals surface area (Å²) in [5, 5.41) is 9.17. The Morgan fingerprint density at radius 2 is 1.43 bits per heavy atom. The quantitative estimate of drug-likeness (QED) is 0.803. The van der Waals surface area contributed by atoms with Gasteiger partial charge in [-0.25, -0.2) is 0 Å². The van der Waals surface area contributed by atoms with Gasteiger partial charge in [0.1, 0.15) is 6.04 Å². The SMILES string of the molecule is O=C(O)CC1CCCN1C(=O)C1CCCN1C(=O)C12CC3CC(CC(C3)C1)C2. The van der Waals surface area contributed by atoms with Crippen LogP contribution in [0.3, 0.4) is 0 Å². The highest BCUT2D eigenvalue weighted by Gasteiger charge is 2.57. The topological polar surface area (TPSA) is 77.9 Å². The first kappa shape index (κ1) is 18.4. The monoisotopic (exact) mass is 388 g/mol. The minimum absolute atomic E-state index is 0.000622. The van der Waals surface area contributed by atoms with Gasteiger partial charge in [-0.15, -0.1) is 0 Å².